The van der Waals surface area contributed by atoms with Gasteiger partial charge in [-0.05, 0) is 12.5 Å². The summed E-state index contributed by atoms with van der Waals surface area (Å²) in [7, 11) is 0. The third-order valence-corrected chi connectivity index (χ3v) is 0.827. The first-order valence-corrected chi connectivity index (χ1v) is 2.92. The van der Waals surface area contributed by atoms with Crippen molar-refractivity contribution in [3.63, 3.8) is 0 Å². The molecule has 9 heavy (non-hydrogen) atoms. The molecule has 0 aliphatic heterocycles. The maximum atomic E-state index is 3.76. The highest BCUT2D eigenvalue weighted by Crippen LogP contribution is 1.93. The molecule has 0 nitrogen and oxygen atoms in total. The highest BCUT2D eigenvalue weighted by atomic mass is 13.8. The molecule has 0 radical (unpaired) electrons. The van der Waals surface area contributed by atoms with E-state index in [1.54, 1.807) is 6.08 Å². The summed E-state index contributed by atoms with van der Waals surface area (Å²) in [5.41, 5.74) is 0.998. The van der Waals surface area contributed by atoms with E-state index in [0.29, 0.717) is 0 Å². The number of hydrogen-bond acceptors (Lipinski definition) is 0. The van der Waals surface area contributed by atoms with E-state index in [-0.39, 0.29) is 0 Å². The van der Waals surface area contributed by atoms with Crippen LogP contribution in [0.5, 0.6) is 0 Å². The number of allylic oxidation sites excluding steroid dienone is 6. The van der Waals surface area contributed by atoms with Crippen molar-refractivity contribution in [1.82, 2.24) is 0 Å². The molecule has 0 aromatic rings. The fraction of sp³-hybridized carbons (Fsp3) is 0.111. The molecule has 0 aromatic heterocycles. The molecule has 0 heterocycles. The average molecular weight is 120 g/mol. The van der Waals surface area contributed by atoms with Crippen LogP contribution in [0, 0.1) is 0 Å². The summed E-state index contributed by atoms with van der Waals surface area (Å²) >= 11 is 0. The van der Waals surface area contributed by atoms with Crippen LogP contribution in [0.3, 0.4) is 0 Å². The summed E-state index contributed by atoms with van der Waals surface area (Å²) in [5, 5.41) is 0. The zero-order chi connectivity index (χ0) is 7.11. The minimum Gasteiger partial charge on any atom is -0.0991 e. The summed E-state index contributed by atoms with van der Waals surface area (Å²) < 4.78 is 0. The predicted molar refractivity (Wildman–Crippen MR) is 43.3 cm³/mol. The lowest BCUT2D eigenvalue weighted by Crippen LogP contribution is -1.62. The van der Waals surface area contributed by atoms with Crippen LogP contribution in [-0.4, -0.2) is 0 Å². The molecule has 0 spiro atoms. The fourth-order valence-corrected chi connectivity index (χ4v) is 0.461. The van der Waals surface area contributed by atoms with Crippen molar-refractivity contribution in [3.05, 3.63) is 49.1 Å². The van der Waals surface area contributed by atoms with Gasteiger partial charge in [0.1, 0.15) is 0 Å². The van der Waals surface area contributed by atoms with E-state index < -0.39 is 0 Å². The van der Waals surface area contributed by atoms with Gasteiger partial charge in [-0.1, -0.05) is 43.5 Å². The first-order chi connectivity index (χ1) is 4.31. The van der Waals surface area contributed by atoms with Gasteiger partial charge in [-0.2, -0.15) is 0 Å². The molecular weight excluding hydrogens is 108 g/mol. The molecule has 0 amide bonds. The van der Waals surface area contributed by atoms with Crippen LogP contribution in [-0.2, 0) is 0 Å². The van der Waals surface area contributed by atoms with E-state index in [1.807, 2.05) is 31.2 Å². The maximum Gasteiger partial charge on any atom is -0.0332 e. The van der Waals surface area contributed by atoms with Crippen molar-refractivity contribution in [2.24, 2.45) is 0 Å². The Labute approximate surface area is 56.9 Å². The summed E-state index contributed by atoms with van der Waals surface area (Å²) in [6.07, 6.45) is 9.40. The zero-order valence-electron chi connectivity index (χ0n) is 5.80. The van der Waals surface area contributed by atoms with Gasteiger partial charge in [-0.25, -0.2) is 0 Å². The van der Waals surface area contributed by atoms with Crippen LogP contribution in [0.4, 0.5) is 0 Å². The zero-order valence-corrected chi connectivity index (χ0v) is 5.80. The first kappa shape index (κ1) is 7.96. The monoisotopic (exact) mass is 120 g/mol. The van der Waals surface area contributed by atoms with E-state index in [4.69, 9.17) is 0 Å². The average Bonchev–Trinajstić information content (AvgIpc) is 1.85. The lowest BCUT2D eigenvalue weighted by molar-refractivity contribution is 1.66. The largest absolute Gasteiger partial charge is 0.0991 e. The Morgan fingerprint density at radius 3 is 2.44 bits per heavy atom. The molecule has 48 valence electrons. The molecule has 0 rings (SSSR count). The van der Waals surface area contributed by atoms with Gasteiger partial charge in [0.05, 0.1) is 0 Å². The molecule has 0 saturated carbocycles. The number of hydrogen-bond donors (Lipinski definition) is 0. The van der Waals surface area contributed by atoms with Crippen molar-refractivity contribution in [2.45, 2.75) is 6.92 Å². The van der Waals surface area contributed by atoms with E-state index in [1.165, 1.54) is 0 Å². The van der Waals surface area contributed by atoms with Gasteiger partial charge in [-0.15, -0.1) is 0 Å². The molecule has 0 bridgehead atoms. The van der Waals surface area contributed by atoms with E-state index >= 15 is 0 Å². The lowest BCUT2D eigenvalue weighted by Gasteiger charge is -1.83. The van der Waals surface area contributed by atoms with Crippen LogP contribution >= 0.6 is 0 Å². The second-order valence-electron chi connectivity index (χ2n) is 1.67. The van der Waals surface area contributed by atoms with Gasteiger partial charge in [0.15, 0.2) is 0 Å². The third-order valence-electron chi connectivity index (χ3n) is 0.827. The van der Waals surface area contributed by atoms with Crippen LogP contribution < -0.4 is 0 Å². The Morgan fingerprint density at radius 2 is 2.00 bits per heavy atom. The minimum absolute atomic E-state index is 0.998. The van der Waals surface area contributed by atoms with Gasteiger partial charge in [-0.3, -0.25) is 0 Å². The fourth-order valence-electron chi connectivity index (χ4n) is 0.461. The van der Waals surface area contributed by atoms with Gasteiger partial charge in [0, 0.05) is 0 Å². The van der Waals surface area contributed by atoms with Gasteiger partial charge in [0.25, 0.3) is 0 Å². The molecule has 0 unspecified atom stereocenters. The van der Waals surface area contributed by atoms with Gasteiger partial charge < -0.3 is 0 Å². The lowest BCUT2D eigenvalue weighted by atomic mass is 10.2. The molecule has 0 aliphatic rings. The highest BCUT2D eigenvalue weighted by molar-refractivity contribution is 5.28. The SMILES string of the molecule is C=C/C=C\C(=C)/C=C/C. The topological polar surface area (TPSA) is 0 Å². The third kappa shape index (κ3) is 4.82. The Bertz CT molecular complexity index is 147. The van der Waals surface area contributed by atoms with E-state index in [0.717, 1.165) is 5.57 Å². The summed E-state index contributed by atoms with van der Waals surface area (Å²) in [5.74, 6) is 0. The Hall–Kier alpha value is -1.04. The summed E-state index contributed by atoms with van der Waals surface area (Å²) in [6, 6.07) is 0. The van der Waals surface area contributed by atoms with Crippen LogP contribution in [0.25, 0.3) is 0 Å². The van der Waals surface area contributed by atoms with Crippen LogP contribution in [0.15, 0.2) is 49.1 Å². The molecule has 0 saturated heterocycles. The Balaban J connectivity index is 3.76. The second-order valence-corrected chi connectivity index (χ2v) is 1.67. The smallest absolute Gasteiger partial charge is 0.0332 e. The minimum atomic E-state index is 0.998. The number of rotatable bonds is 3. The molecular formula is C9H12. The van der Waals surface area contributed by atoms with Crippen LogP contribution in [0.1, 0.15) is 6.92 Å². The van der Waals surface area contributed by atoms with Crippen molar-refractivity contribution >= 4 is 0 Å². The Kier molecular flexibility index (Phi) is 4.51. The highest BCUT2D eigenvalue weighted by Gasteiger charge is 1.72. The maximum absolute atomic E-state index is 3.76. The predicted octanol–water partition coefficient (Wildman–Crippen LogP) is 2.86. The summed E-state index contributed by atoms with van der Waals surface area (Å²) in [6.45, 7) is 9.27. The Morgan fingerprint density at radius 1 is 1.33 bits per heavy atom. The molecule has 0 aliphatic carbocycles. The first-order valence-electron chi connectivity index (χ1n) is 2.92. The van der Waals surface area contributed by atoms with Crippen molar-refractivity contribution in [3.8, 4) is 0 Å². The van der Waals surface area contributed by atoms with E-state index in [9.17, 15) is 0 Å². The molecule has 0 atom stereocenters. The normalized spacial score (nSPS) is 10.8. The molecule has 0 fully saturated rings. The van der Waals surface area contributed by atoms with Crippen LogP contribution in [0.2, 0.25) is 0 Å². The molecule has 0 N–H and O–H groups in total. The van der Waals surface area contributed by atoms with Gasteiger partial charge in [0.2, 0.25) is 0 Å². The second kappa shape index (κ2) is 5.10. The standard InChI is InChI=1S/C9H12/c1-4-6-8-9(3)7-5-2/h4-8H,1,3H2,2H3/b7-5+,8-6-. The van der Waals surface area contributed by atoms with Crippen molar-refractivity contribution < 1.29 is 0 Å². The molecule has 0 heteroatoms. The van der Waals surface area contributed by atoms with E-state index in [2.05, 4.69) is 13.2 Å². The van der Waals surface area contributed by atoms with Crippen molar-refractivity contribution in [2.75, 3.05) is 0 Å². The summed E-state index contributed by atoms with van der Waals surface area (Å²) in [4.78, 5) is 0. The van der Waals surface area contributed by atoms with Crippen molar-refractivity contribution in [1.29, 1.82) is 0 Å². The van der Waals surface area contributed by atoms with Gasteiger partial charge >= 0.3 is 0 Å². The molecule has 0 aromatic carbocycles. The quantitative estimate of drug-likeness (QED) is 0.502.